The lowest BCUT2D eigenvalue weighted by molar-refractivity contribution is 0.174. The maximum atomic E-state index is 13.7. The van der Waals surface area contributed by atoms with Crippen molar-refractivity contribution in [2.24, 2.45) is 0 Å². The summed E-state index contributed by atoms with van der Waals surface area (Å²) >= 11 is 5.71. The third-order valence-corrected chi connectivity index (χ3v) is 3.20. The Labute approximate surface area is 110 Å². The van der Waals surface area contributed by atoms with Gasteiger partial charge in [0.05, 0.1) is 17.4 Å². The highest BCUT2D eigenvalue weighted by Crippen LogP contribution is 2.26. The van der Waals surface area contributed by atoms with Gasteiger partial charge in [0, 0.05) is 18.4 Å². The van der Waals surface area contributed by atoms with Gasteiger partial charge in [-0.1, -0.05) is 30.7 Å². The molecule has 18 heavy (non-hydrogen) atoms. The highest BCUT2D eigenvalue weighted by molar-refractivity contribution is 6.30. The lowest BCUT2D eigenvalue weighted by atomic mass is 10.0. The first-order valence-corrected chi connectivity index (χ1v) is 6.18. The number of aliphatic hydroxyl groups is 1. The zero-order valence-electron chi connectivity index (χ0n) is 9.99. The summed E-state index contributed by atoms with van der Waals surface area (Å²) in [4.78, 5) is 0. The molecule has 96 valence electrons. The first-order valence-electron chi connectivity index (χ1n) is 5.80. The Morgan fingerprint density at radius 3 is 2.89 bits per heavy atom. The minimum Gasteiger partial charge on any atom is -0.469 e. The fourth-order valence-corrected chi connectivity index (χ4v) is 2.15. The van der Waals surface area contributed by atoms with Gasteiger partial charge in [-0.3, -0.25) is 0 Å². The minimum absolute atomic E-state index is 0.0719. The van der Waals surface area contributed by atoms with E-state index in [0.717, 1.165) is 5.76 Å². The van der Waals surface area contributed by atoms with Gasteiger partial charge in [0.1, 0.15) is 11.6 Å². The zero-order valence-corrected chi connectivity index (χ0v) is 10.7. The number of hydrogen-bond acceptors (Lipinski definition) is 2. The lowest BCUT2D eigenvalue weighted by Gasteiger charge is -2.11. The first kappa shape index (κ1) is 13.1. The van der Waals surface area contributed by atoms with E-state index in [1.54, 1.807) is 18.2 Å². The van der Waals surface area contributed by atoms with Crippen LogP contribution in [0, 0.1) is 5.82 Å². The van der Waals surface area contributed by atoms with Crippen molar-refractivity contribution in [3.8, 4) is 0 Å². The molecule has 0 aliphatic rings. The molecule has 1 aromatic heterocycles. The summed E-state index contributed by atoms with van der Waals surface area (Å²) in [6.07, 6.45) is 1.62. The Balaban J connectivity index is 2.21. The summed E-state index contributed by atoms with van der Waals surface area (Å²) in [5.41, 5.74) is 1.11. The van der Waals surface area contributed by atoms with Crippen LogP contribution >= 0.6 is 11.6 Å². The third-order valence-electron chi connectivity index (χ3n) is 2.90. The van der Waals surface area contributed by atoms with E-state index in [0.29, 0.717) is 17.5 Å². The molecular weight excluding hydrogens is 255 g/mol. The summed E-state index contributed by atoms with van der Waals surface area (Å²) in [6, 6.07) is 6.49. The molecule has 1 atom stereocenters. The van der Waals surface area contributed by atoms with Crippen molar-refractivity contribution in [1.82, 2.24) is 0 Å². The van der Waals surface area contributed by atoms with Crippen LogP contribution in [0.4, 0.5) is 4.39 Å². The number of aryl methyl sites for hydroxylation is 1. The minimum atomic E-state index is -0.785. The van der Waals surface area contributed by atoms with Gasteiger partial charge in [-0.05, 0) is 17.7 Å². The van der Waals surface area contributed by atoms with Gasteiger partial charge < -0.3 is 9.52 Å². The maximum Gasteiger partial charge on any atom is 0.145 e. The van der Waals surface area contributed by atoms with Crippen molar-refractivity contribution in [3.63, 3.8) is 0 Å². The predicted octanol–water partition coefficient (Wildman–Crippen LogP) is 3.91. The Hall–Kier alpha value is -1.32. The van der Waals surface area contributed by atoms with Gasteiger partial charge in [0.2, 0.25) is 0 Å². The molecule has 0 saturated heterocycles. The second kappa shape index (κ2) is 5.55. The molecule has 0 amide bonds. The number of benzene rings is 1. The maximum absolute atomic E-state index is 13.7. The van der Waals surface area contributed by atoms with E-state index in [-0.39, 0.29) is 11.4 Å². The van der Waals surface area contributed by atoms with Gasteiger partial charge in [-0.15, -0.1) is 0 Å². The molecule has 1 heterocycles. The highest BCUT2D eigenvalue weighted by Gasteiger charge is 2.17. The second-order valence-electron chi connectivity index (χ2n) is 4.09. The molecule has 0 saturated carbocycles. The van der Waals surface area contributed by atoms with Gasteiger partial charge in [-0.25, -0.2) is 4.39 Å². The van der Waals surface area contributed by atoms with E-state index in [4.69, 9.17) is 16.0 Å². The van der Waals surface area contributed by atoms with E-state index >= 15 is 0 Å². The van der Waals surface area contributed by atoms with Crippen LogP contribution in [0.2, 0.25) is 5.02 Å². The zero-order chi connectivity index (χ0) is 13.1. The Morgan fingerprint density at radius 1 is 1.39 bits per heavy atom. The smallest absolute Gasteiger partial charge is 0.145 e. The van der Waals surface area contributed by atoms with E-state index in [9.17, 15) is 9.50 Å². The average molecular weight is 269 g/mol. The van der Waals surface area contributed by atoms with Crippen molar-refractivity contribution in [2.75, 3.05) is 0 Å². The van der Waals surface area contributed by atoms with Crippen LogP contribution in [0.1, 0.15) is 29.9 Å². The first-order chi connectivity index (χ1) is 8.63. The van der Waals surface area contributed by atoms with E-state index in [2.05, 4.69) is 0 Å². The fraction of sp³-hybridized carbons (Fsp3) is 0.286. The molecule has 4 heteroatoms. The number of aliphatic hydroxyl groups excluding tert-OH is 1. The van der Waals surface area contributed by atoms with Crippen LogP contribution in [0.5, 0.6) is 0 Å². The van der Waals surface area contributed by atoms with Crippen molar-refractivity contribution in [2.45, 2.75) is 25.9 Å². The molecule has 0 aliphatic heterocycles. The average Bonchev–Trinajstić information content (AvgIpc) is 2.83. The van der Waals surface area contributed by atoms with Crippen LogP contribution < -0.4 is 0 Å². The normalized spacial score (nSPS) is 12.7. The number of furan rings is 1. The van der Waals surface area contributed by atoms with E-state index in [1.807, 2.05) is 6.92 Å². The van der Waals surface area contributed by atoms with E-state index in [1.165, 1.54) is 12.3 Å². The number of halogens is 2. The molecule has 0 bridgehead atoms. The fourth-order valence-electron chi connectivity index (χ4n) is 1.96. The van der Waals surface area contributed by atoms with Crippen LogP contribution in [-0.4, -0.2) is 5.11 Å². The molecule has 0 spiro atoms. The molecule has 0 radical (unpaired) electrons. The molecule has 1 N–H and O–H groups in total. The van der Waals surface area contributed by atoms with Gasteiger partial charge in [0.15, 0.2) is 0 Å². The summed E-state index contributed by atoms with van der Waals surface area (Å²) in [7, 11) is 0. The molecule has 0 fully saturated rings. The lowest BCUT2D eigenvalue weighted by Crippen LogP contribution is -2.05. The van der Waals surface area contributed by atoms with Crippen LogP contribution in [-0.2, 0) is 12.8 Å². The molecular formula is C14H14ClFO2. The summed E-state index contributed by atoms with van der Waals surface area (Å²) in [5, 5.41) is 10.2. The van der Waals surface area contributed by atoms with Crippen molar-refractivity contribution in [1.29, 1.82) is 0 Å². The van der Waals surface area contributed by atoms with Gasteiger partial charge in [0.25, 0.3) is 0 Å². The van der Waals surface area contributed by atoms with Crippen molar-refractivity contribution >= 4 is 11.6 Å². The molecule has 2 nitrogen and oxygen atoms in total. The van der Waals surface area contributed by atoms with Crippen molar-refractivity contribution < 1.29 is 13.9 Å². The van der Waals surface area contributed by atoms with Gasteiger partial charge in [-0.2, -0.15) is 0 Å². The second-order valence-corrected chi connectivity index (χ2v) is 4.49. The third kappa shape index (κ3) is 2.57. The Morgan fingerprint density at radius 2 is 2.17 bits per heavy atom. The summed E-state index contributed by atoms with van der Waals surface area (Å²) < 4.78 is 19.0. The molecule has 1 aromatic carbocycles. The summed E-state index contributed by atoms with van der Waals surface area (Å²) in [6.45, 7) is 1.94. The van der Waals surface area contributed by atoms with Crippen LogP contribution in [0.3, 0.4) is 0 Å². The standard InChI is InChI=1S/C14H14ClFO2/c1-2-13-10(6-7-18-13)12(17)8-9-4-3-5-11(15)14(9)16/h3-7,12,17H,2,8H2,1H3. The number of hydrogen-bond donors (Lipinski definition) is 1. The Bertz CT molecular complexity index is 536. The molecule has 1 unspecified atom stereocenters. The SMILES string of the molecule is CCc1occc1C(O)Cc1cccc(Cl)c1F. The summed E-state index contributed by atoms with van der Waals surface area (Å²) in [5.74, 6) is 0.254. The van der Waals surface area contributed by atoms with E-state index < -0.39 is 11.9 Å². The van der Waals surface area contributed by atoms with Crippen LogP contribution in [0.15, 0.2) is 34.9 Å². The highest BCUT2D eigenvalue weighted by atomic mass is 35.5. The predicted molar refractivity (Wildman–Crippen MR) is 68.2 cm³/mol. The quantitative estimate of drug-likeness (QED) is 0.912. The van der Waals surface area contributed by atoms with Gasteiger partial charge >= 0.3 is 0 Å². The Kier molecular flexibility index (Phi) is 4.04. The molecule has 0 aliphatic carbocycles. The molecule has 2 aromatic rings. The van der Waals surface area contributed by atoms with Crippen molar-refractivity contribution in [3.05, 3.63) is 58.3 Å². The largest absolute Gasteiger partial charge is 0.469 e. The molecule has 2 rings (SSSR count). The van der Waals surface area contributed by atoms with Crippen LogP contribution in [0.25, 0.3) is 0 Å². The monoisotopic (exact) mass is 268 g/mol. The topological polar surface area (TPSA) is 33.4 Å². The number of rotatable bonds is 4.